The largest absolute Gasteiger partial charge is 0.274 e. The van der Waals surface area contributed by atoms with Crippen molar-refractivity contribution >= 4 is 18.2 Å². The minimum atomic E-state index is -3.22. The van der Waals surface area contributed by atoms with Crippen molar-refractivity contribution in [3.8, 4) is 0 Å². The van der Waals surface area contributed by atoms with Crippen LogP contribution in [0, 0.1) is 0 Å². The van der Waals surface area contributed by atoms with Crippen molar-refractivity contribution in [1.82, 2.24) is 0 Å². The normalized spacial score (nSPS) is 13.5. The summed E-state index contributed by atoms with van der Waals surface area (Å²) >= 11 is 0. The lowest BCUT2D eigenvalue weighted by molar-refractivity contribution is 0.370. The van der Waals surface area contributed by atoms with Gasteiger partial charge in [-0.15, -0.1) is 0 Å². The molecule has 0 N–H and O–H groups in total. The van der Waals surface area contributed by atoms with Gasteiger partial charge in [0.25, 0.3) is 10.1 Å². The van der Waals surface area contributed by atoms with Gasteiger partial charge in [-0.05, 0) is 6.92 Å². The van der Waals surface area contributed by atoms with Gasteiger partial charge >= 0.3 is 0 Å². The van der Waals surface area contributed by atoms with Gasteiger partial charge in [-0.1, -0.05) is 19.6 Å². The molecular weight excluding hydrogens is 180 g/mol. The van der Waals surface area contributed by atoms with Crippen LogP contribution in [0.25, 0.3) is 0 Å². The molecule has 0 unspecified atom stereocenters. The van der Waals surface area contributed by atoms with Crippen LogP contribution in [0.5, 0.6) is 0 Å². The first-order valence-electron chi connectivity index (χ1n) is 3.64. The van der Waals surface area contributed by atoms with Gasteiger partial charge in [-0.3, -0.25) is 4.18 Å². The molecule has 0 aromatic heterocycles. The van der Waals surface area contributed by atoms with Crippen LogP contribution in [0.2, 0.25) is 19.6 Å². The van der Waals surface area contributed by atoms with E-state index in [9.17, 15) is 8.42 Å². The second kappa shape index (κ2) is 3.69. The molecule has 0 aromatic carbocycles. The van der Waals surface area contributed by atoms with Gasteiger partial charge in [0.05, 0.1) is 20.1 Å². The van der Waals surface area contributed by atoms with E-state index in [1.165, 1.54) is 0 Å². The molecule has 0 aromatic rings. The monoisotopic (exact) mass is 196 g/mol. The van der Waals surface area contributed by atoms with Crippen molar-refractivity contribution in [1.29, 1.82) is 0 Å². The van der Waals surface area contributed by atoms with E-state index in [0.29, 0.717) is 6.23 Å². The van der Waals surface area contributed by atoms with E-state index >= 15 is 0 Å². The number of rotatable bonds is 4. The van der Waals surface area contributed by atoms with E-state index in [-0.39, 0.29) is 5.75 Å². The Labute approximate surface area is 69.9 Å². The van der Waals surface area contributed by atoms with E-state index in [1.54, 1.807) is 6.92 Å². The fourth-order valence-corrected chi connectivity index (χ4v) is 2.65. The van der Waals surface area contributed by atoms with Crippen LogP contribution in [-0.2, 0) is 14.3 Å². The van der Waals surface area contributed by atoms with E-state index in [4.69, 9.17) is 4.18 Å². The van der Waals surface area contributed by atoms with Gasteiger partial charge in [0.15, 0.2) is 0 Å². The van der Waals surface area contributed by atoms with E-state index in [2.05, 4.69) is 19.6 Å². The second-order valence-corrected chi connectivity index (χ2v) is 11.0. The van der Waals surface area contributed by atoms with Crippen LogP contribution in [0.15, 0.2) is 0 Å². The van der Waals surface area contributed by atoms with Crippen LogP contribution >= 0.6 is 0 Å². The van der Waals surface area contributed by atoms with Crippen molar-refractivity contribution < 1.29 is 12.6 Å². The van der Waals surface area contributed by atoms with Gasteiger partial charge in [0, 0.05) is 0 Å². The molecule has 0 radical (unpaired) electrons. The molecule has 0 heterocycles. The minimum Gasteiger partial charge on any atom is -0.274 e. The average Bonchev–Trinajstić information content (AvgIpc) is 1.83. The SMILES string of the molecule is CCS(=O)(=O)OC[Si](C)(C)C. The summed E-state index contributed by atoms with van der Waals surface area (Å²) in [4.78, 5) is 0. The number of hydrogen-bond donors (Lipinski definition) is 0. The molecule has 0 atom stereocenters. The topological polar surface area (TPSA) is 43.4 Å². The third-order valence-electron chi connectivity index (χ3n) is 1.03. The molecule has 0 amide bonds. The Kier molecular flexibility index (Phi) is 3.73. The Morgan fingerprint density at radius 2 is 1.73 bits per heavy atom. The maximum atomic E-state index is 10.8. The zero-order chi connectivity index (χ0) is 9.12. The predicted octanol–water partition coefficient (Wildman–Crippen LogP) is 1.23. The Balaban J connectivity index is 3.91. The zero-order valence-electron chi connectivity index (χ0n) is 7.55. The lowest BCUT2D eigenvalue weighted by Gasteiger charge is -2.14. The van der Waals surface area contributed by atoms with Crippen LogP contribution < -0.4 is 0 Å². The molecule has 11 heavy (non-hydrogen) atoms. The lowest BCUT2D eigenvalue weighted by Crippen LogP contribution is -2.30. The highest BCUT2D eigenvalue weighted by Gasteiger charge is 2.17. The smallest absolute Gasteiger partial charge is 0.266 e. The molecule has 0 saturated heterocycles. The summed E-state index contributed by atoms with van der Waals surface area (Å²) in [5.41, 5.74) is 0. The summed E-state index contributed by atoms with van der Waals surface area (Å²) in [6.07, 6.45) is 0.392. The van der Waals surface area contributed by atoms with Gasteiger partial charge in [-0.25, -0.2) is 0 Å². The van der Waals surface area contributed by atoms with Crippen molar-refractivity contribution in [3.05, 3.63) is 0 Å². The molecule has 0 bridgehead atoms. The van der Waals surface area contributed by atoms with Crippen LogP contribution in [0.1, 0.15) is 6.92 Å². The van der Waals surface area contributed by atoms with Crippen molar-refractivity contribution in [3.63, 3.8) is 0 Å². The molecule has 0 saturated carbocycles. The summed E-state index contributed by atoms with van der Waals surface area (Å²) in [6, 6.07) is 0. The van der Waals surface area contributed by atoms with E-state index in [0.717, 1.165) is 0 Å². The van der Waals surface area contributed by atoms with Crippen molar-refractivity contribution in [2.45, 2.75) is 26.6 Å². The molecule has 0 fully saturated rings. The molecular formula is C6H16O3SSi. The van der Waals surface area contributed by atoms with Crippen LogP contribution in [0.4, 0.5) is 0 Å². The predicted molar refractivity (Wildman–Crippen MR) is 48.8 cm³/mol. The lowest BCUT2D eigenvalue weighted by atomic mass is 11.0. The van der Waals surface area contributed by atoms with Gasteiger partial charge in [0.2, 0.25) is 0 Å². The summed E-state index contributed by atoms with van der Waals surface area (Å²) in [7, 11) is -4.60. The molecule has 0 aliphatic carbocycles. The van der Waals surface area contributed by atoms with Gasteiger partial charge in [-0.2, -0.15) is 8.42 Å². The first-order chi connectivity index (χ1) is 4.77. The average molecular weight is 196 g/mol. The van der Waals surface area contributed by atoms with Crippen LogP contribution in [0.3, 0.4) is 0 Å². The Hall–Kier alpha value is 0.127. The Bertz CT molecular complexity index is 202. The number of hydrogen-bond acceptors (Lipinski definition) is 3. The molecule has 0 aliphatic heterocycles. The Morgan fingerprint density at radius 1 is 1.27 bits per heavy atom. The maximum Gasteiger partial charge on any atom is 0.266 e. The third-order valence-corrected chi connectivity index (χ3v) is 3.43. The zero-order valence-corrected chi connectivity index (χ0v) is 9.36. The molecule has 3 nitrogen and oxygen atoms in total. The summed E-state index contributed by atoms with van der Waals surface area (Å²) in [5.74, 6) is 0.0669. The highest BCUT2D eigenvalue weighted by atomic mass is 32.2. The fourth-order valence-electron chi connectivity index (χ4n) is 0.350. The summed E-state index contributed by atoms with van der Waals surface area (Å²) < 4.78 is 26.5. The Morgan fingerprint density at radius 3 is 2.00 bits per heavy atom. The molecule has 0 spiro atoms. The third kappa shape index (κ3) is 6.52. The molecule has 68 valence electrons. The first-order valence-corrected chi connectivity index (χ1v) is 8.92. The van der Waals surface area contributed by atoms with E-state index in [1.807, 2.05) is 0 Å². The van der Waals surface area contributed by atoms with Gasteiger partial charge < -0.3 is 0 Å². The molecule has 5 heteroatoms. The van der Waals surface area contributed by atoms with Crippen molar-refractivity contribution in [2.24, 2.45) is 0 Å². The minimum absolute atomic E-state index is 0.0669. The maximum absolute atomic E-state index is 10.8. The van der Waals surface area contributed by atoms with Gasteiger partial charge in [0.1, 0.15) is 0 Å². The second-order valence-electron chi connectivity index (χ2n) is 3.67. The fraction of sp³-hybridized carbons (Fsp3) is 1.00. The molecule has 0 rings (SSSR count). The summed E-state index contributed by atoms with van der Waals surface area (Å²) in [6.45, 7) is 7.79. The summed E-state index contributed by atoms with van der Waals surface area (Å²) in [5, 5.41) is 0. The standard InChI is InChI=1S/C6H16O3SSi/c1-5-10(7,8)9-6-11(2,3)4/h5-6H2,1-4H3. The van der Waals surface area contributed by atoms with E-state index < -0.39 is 18.2 Å². The van der Waals surface area contributed by atoms with Crippen molar-refractivity contribution in [2.75, 3.05) is 12.0 Å². The molecule has 0 aliphatic rings. The van der Waals surface area contributed by atoms with Crippen LogP contribution in [-0.4, -0.2) is 28.5 Å². The first kappa shape index (κ1) is 11.1. The quantitative estimate of drug-likeness (QED) is 0.502. The highest BCUT2D eigenvalue weighted by molar-refractivity contribution is 7.86. The highest BCUT2D eigenvalue weighted by Crippen LogP contribution is 2.03.